The molecule has 0 aliphatic rings. The number of nitrogens with zero attached hydrogens (tertiary/aromatic N) is 2. The second-order valence-electron chi connectivity index (χ2n) is 6.13. The molecule has 8 nitrogen and oxygen atoms in total. The van der Waals surface area contributed by atoms with E-state index in [-0.39, 0.29) is 10.6 Å². The van der Waals surface area contributed by atoms with Crippen LogP contribution in [0.2, 0.25) is 0 Å². The zero-order valence-corrected chi connectivity index (χ0v) is 15.9. The molecule has 3 rings (SSSR count). The van der Waals surface area contributed by atoms with Gasteiger partial charge in [-0.2, -0.15) is 18.4 Å². The third-order valence-corrected chi connectivity index (χ3v) is 5.35. The number of sulfonamides is 1. The molecule has 0 atom stereocenters. The molecule has 1 N–H and O–H groups in total. The first-order chi connectivity index (χ1) is 13.3. The van der Waals surface area contributed by atoms with Gasteiger partial charge < -0.3 is 4.42 Å². The van der Waals surface area contributed by atoms with Gasteiger partial charge in [0.25, 0.3) is 15.7 Å². The molecular weight excluding hydrogens is 382 g/mol. The van der Waals surface area contributed by atoms with E-state index in [2.05, 4.69) is 9.93 Å². The first-order valence-corrected chi connectivity index (χ1v) is 9.71. The highest BCUT2D eigenvalue weighted by Crippen LogP contribution is 2.24. The minimum Gasteiger partial charge on any atom is -0.455 e. The first kappa shape index (κ1) is 19.3. The standard InChI is InChI=1S/C19H17N3O5S/c1-13-3-4-14(2)19(11-13)28(25,26)21-20-12-17-9-10-18(27-17)15-5-7-16(8-6-15)22(23)24/h3-12,21H,1-2H3/b20-12+. The second kappa shape index (κ2) is 7.65. The zero-order valence-electron chi connectivity index (χ0n) is 15.1. The highest BCUT2D eigenvalue weighted by Gasteiger charge is 2.16. The van der Waals surface area contributed by atoms with Gasteiger partial charge in [-0.25, -0.2) is 0 Å². The van der Waals surface area contributed by atoms with E-state index in [1.54, 1.807) is 43.3 Å². The van der Waals surface area contributed by atoms with Crippen molar-refractivity contribution in [3.05, 3.63) is 81.6 Å². The Hall–Kier alpha value is -3.46. The summed E-state index contributed by atoms with van der Waals surface area (Å²) in [4.78, 5) is 12.6. The van der Waals surface area contributed by atoms with Crippen LogP contribution in [0.15, 0.2) is 69.0 Å². The Morgan fingerprint density at radius 2 is 1.79 bits per heavy atom. The summed E-state index contributed by atoms with van der Waals surface area (Å²) in [6, 6.07) is 14.3. The lowest BCUT2D eigenvalue weighted by Crippen LogP contribution is -2.19. The van der Waals surface area contributed by atoms with E-state index in [1.807, 2.05) is 13.0 Å². The predicted molar refractivity (Wildman–Crippen MR) is 105 cm³/mol. The molecule has 1 heterocycles. The number of benzene rings is 2. The summed E-state index contributed by atoms with van der Waals surface area (Å²) < 4.78 is 30.4. The average Bonchev–Trinajstić information content (AvgIpc) is 3.12. The average molecular weight is 399 g/mol. The lowest BCUT2D eigenvalue weighted by Gasteiger charge is -2.07. The van der Waals surface area contributed by atoms with Crippen molar-refractivity contribution in [2.75, 3.05) is 0 Å². The predicted octanol–water partition coefficient (Wildman–Crippen LogP) is 3.78. The molecule has 0 amide bonds. The summed E-state index contributed by atoms with van der Waals surface area (Å²) in [6.07, 6.45) is 1.25. The van der Waals surface area contributed by atoms with Crippen molar-refractivity contribution >= 4 is 21.9 Å². The third kappa shape index (κ3) is 4.26. The van der Waals surface area contributed by atoms with Gasteiger partial charge in [-0.05, 0) is 55.3 Å². The number of hydrogen-bond acceptors (Lipinski definition) is 6. The van der Waals surface area contributed by atoms with Crippen molar-refractivity contribution in [3.8, 4) is 11.3 Å². The molecule has 144 valence electrons. The van der Waals surface area contributed by atoms with Crippen molar-refractivity contribution in [2.24, 2.45) is 5.10 Å². The number of non-ortho nitro benzene ring substituents is 1. The largest absolute Gasteiger partial charge is 0.455 e. The topological polar surface area (TPSA) is 115 Å². The van der Waals surface area contributed by atoms with Gasteiger partial charge in [0.05, 0.1) is 16.0 Å². The number of nitrogens with one attached hydrogen (secondary N) is 1. The van der Waals surface area contributed by atoms with Gasteiger partial charge in [-0.1, -0.05) is 12.1 Å². The minimum absolute atomic E-state index is 0.0158. The van der Waals surface area contributed by atoms with Crippen LogP contribution in [0.4, 0.5) is 5.69 Å². The van der Waals surface area contributed by atoms with E-state index >= 15 is 0 Å². The quantitative estimate of drug-likeness (QED) is 0.385. The number of hydrogen-bond donors (Lipinski definition) is 1. The van der Waals surface area contributed by atoms with Crippen LogP contribution < -0.4 is 4.83 Å². The fraction of sp³-hybridized carbons (Fsp3) is 0.105. The molecule has 0 aliphatic heterocycles. The fourth-order valence-electron chi connectivity index (χ4n) is 2.53. The number of nitro groups is 1. The molecule has 0 radical (unpaired) electrons. The van der Waals surface area contributed by atoms with Crippen molar-refractivity contribution in [1.82, 2.24) is 4.83 Å². The van der Waals surface area contributed by atoms with E-state index in [1.165, 1.54) is 18.3 Å². The smallest absolute Gasteiger partial charge is 0.276 e. The molecule has 0 aliphatic carbocycles. The Morgan fingerprint density at radius 3 is 2.46 bits per heavy atom. The molecule has 0 bridgehead atoms. The molecule has 0 saturated carbocycles. The number of aryl methyl sites for hydroxylation is 2. The molecular formula is C19H17N3O5S. The highest BCUT2D eigenvalue weighted by atomic mass is 32.2. The molecule has 9 heteroatoms. The normalized spacial score (nSPS) is 11.6. The molecule has 0 spiro atoms. The maximum Gasteiger partial charge on any atom is 0.276 e. The first-order valence-electron chi connectivity index (χ1n) is 8.23. The summed E-state index contributed by atoms with van der Waals surface area (Å²) in [6.45, 7) is 3.52. The van der Waals surface area contributed by atoms with Gasteiger partial charge in [-0.15, -0.1) is 0 Å². The van der Waals surface area contributed by atoms with Gasteiger partial charge in [0.1, 0.15) is 11.5 Å². The lowest BCUT2D eigenvalue weighted by atomic mass is 10.1. The summed E-state index contributed by atoms with van der Waals surface area (Å²) in [5.74, 6) is 0.811. The van der Waals surface area contributed by atoms with Crippen LogP contribution in [0, 0.1) is 24.0 Å². The molecule has 28 heavy (non-hydrogen) atoms. The van der Waals surface area contributed by atoms with Crippen molar-refractivity contribution in [2.45, 2.75) is 18.7 Å². The molecule has 2 aromatic carbocycles. The number of nitro benzene ring substituents is 1. The van der Waals surface area contributed by atoms with E-state index in [9.17, 15) is 18.5 Å². The van der Waals surface area contributed by atoms with E-state index < -0.39 is 14.9 Å². The molecule has 0 fully saturated rings. The van der Waals surface area contributed by atoms with Gasteiger partial charge in [0.2, 0.25) is 0 Å². The Morgan fingerprint density at radius 1 is 1.07 bits per heavy atom. The highest BCUT2D eigenvalue weighted by molar-refractivity contribution is 7.89. The maximum absolute atomic E-state index is 12.4. The van der Waals surface area contributed by atoms with Crippen LogP contribution in [-0.2, 0) is 10.0 Å². The molecule has 3 aromatic rings. The van der Waals surface area contributed by atoms with Crippen molar-refractivity contribution in [1.29, 1.82) is 0 Å². The van der Waals surface area contributed by atoms with E-state index in [0.717, 1.165) is 5.56 Å². The van der Waals surface area contributed by atoms with Crippen LogP contribution in [0.3, 0.4) is 0 Å². The fourth-order valence-corrected chi connectivity index (χ4v) is 3.65. The lowest BCUT2D eigenvalue weighted by molar-refractivity contribution is -0.384. The summed E-state index contributed by atoms with van der Waals surface area (Å²) in [7, 11) is -3.80. The van der Waals surface area contributed by atoms with E-state index in [4.69, 9.17) is 4.42 Å². The van der Waals surface area contributed by atoms with Crippen LogP contribution in [0.1, 0.15) is 16.9 Å². The van der Waals surface area contributed by atoms with Crippen LogP contribution in [0.5, 0.6) is 0 Å². The van der Waals surface area contributed by atoms with Crippen LogP contribution in [0.25, 0.3) is 11.3 Å². The number of furan rings is 1. The van der Waals surface area contributed by atoms with Gasteiger partial charge in [0, 0.05) is 17.7 Å². The number of hydrazone groups is 1. The van der Waals surface area contributed by atoms with E-state index in [0.29, 0.717) is 22.6 Å². The second-order valence-corrected chi connectivity index (χ2v) is 7.76. The number of rotatable bonds is 6. The Labute approximate surface area is 161 Å². The van der Waals surface area contributed by atoms with Crippen LogP contribution >= 0.6 is 0 Å². The molecule has 0 saturated heterocycles. The van der Waals surface area contributed by atoms with Gasteiger partial charge in [-0.3, -0.25) is 10.1 Å². The Balaban J connectivity index is 1.73. The monoisotopic (exact) mass is 399 g/mol. The van der Waals surface area contributed by atoms with Crippen molar-refractivity contribution in [3.63, 3.8) is 0 Å². The summed E-state index contributed by atoms with van der Waals surface area (Å²) in [5, 5.41) is 14.5. The Kier molecular flexibility index (Phi) is 5.27. The summed E-state index contributed by atoms with van der Waals surface area (Å²) in [5.41, 5.74) is 2.08. The SMILES string of the molecule is Cc1ccc(C)c(S(=O)(=O)N/N=C/c2ccc(-c3ccc([N+](=O)[O-])cc3)o2)c1. The zero-order chi connectivity index (χ0) is 20.3. The van der Waals surface area contributed by atoms with Gasteiger partial charge in [0.15, 0.2) is 0 Å². The minimum atomic E-state index is -3.80. The maximum atomic E-state index is 12.4. The van der Waals surface area contributed by atoms with Crippen LogP contribution in [-0.4, -0.2) is 19.6 Å². The molecule has 1 aromatic heterocycles. The Bertz CT molecular complexity index is 1150. The van der Waals surface area contributed by atoms with Crippen molar-refractivity contribution < 1.29 is 17.8 Å². The third-order valence-electron chi connectivity index (χ3n) is 3.99. The molecule has 0 unspecified atom stereocenters. The summed E-state index contributed by atoms with van der Waals surface area (Å²) >= 11 is 0. The van der Waals surface area contributed by atoms with Gasteiger partial charge >= 0.3 is 0 Å².